The minimum absolute atomic E-state index is 0.125. The molecule has 1 amide bonds. The first-order valence-corrected chi connectivity index (χ1v) is 10.9. The molecule has 0 aliphatic carbocycles. The van der Waals surface area contributed by atoms with Crippen molar-refractivity contribution in [2.45, 2.75) is 23.8 Å². The molecule has 152 valence electrons. The average Bonchev–Trinajstić information content (AvgIpc) is 3.34. The maximum atomic E-state index is 12.6. The fraction of sp³-hybridized carbons (Fsp3) is 0.450. The van der Waals surface area contributed by atoms with E-state index >= 15 is 0 Å². The number of hydrogen-bond acceptors (Lipinski definition) is 4. The first kappa shape index (κ1) is 20.6. The number of nitrogens with zero attached hydrogens (tertiary/aromatic N) is 3. The van der Waals surface area contributed by atoms with Gasteiger partial charge in [0.25, 0.3) is 5.91 Å². The van der Waals surface area contributed by atoms with Crippen molar-refractivity contribution in [2.24, 2.45) is 7.05 Å². The third kappa shape index (κ3) is 4.29. The highest BCUT2D eigenvalue weighted by Gasteiger charge is 2.26. The number of rotatable bonds is 7. The summed E-state index contributed by atoms with van der Waals surface area (Å²) in [5, 5.41) is 3.02. The molecule has 1 aliphatic heterocycles. The van der Waals surface area contributed by atoms with Crippen molar-refractivity contribution in [3.05, 3.63) is 53.9 Å². The first-order valence-electron chi connectivity index (χ1n) is 9.47. The third-order valence-electron chi connectivity index (χ3n) is 5.26. The normalized spacial score (nSPS) is 16.4. The number of aromatic nitrogens is 1. The summed E-state index contributed by atoms with van der Waals surface area (Å²) in [6.07, 6.45) is 4.37. The number of aryl methyl sites for hydroxylation is 1. The minimum Gasteiger partial charge on any atom is -0.353 e. The fourth-order valence-electron chi connectivity index (χ4n) is 3.58. The van der Waals surface area contributed by atoms with E-state index in [1.807, 2.05) is 19.3 Å². The molecule has 1 N–H and O–H groups in total. The largest absolute Gasteiger partial charge is 0.353 e. The molecule has 7 nitrogen and oxygen atoms in total. The number of carbonyl (C=O) groups excluding carboxylic acids is 1. The number of amides is 1. The highest BCUT2D eigenvalue weighted by molar-refractivity contribution is 7.89. The van der Waals surface area contributed by atoms with E-state index < -0.39 is 10.0 Å². The highest BCUT2D eigenvalue weighted by atomic mass is 32.2. The van der Waals surface area contributed by atoms with Crippen LogP contribution in [0.4, 0.5) is 0 Å². The Morgan fingerprint density at radius 2 is 1.79 bits per heavy atom. The monoisotopic (exact) mass is 404 g/mol. The third-order valence-corrected chi connectivity index (χ3v) is 7.09. The Bertz CT molecular complexity index is 913. The summed E-state index contributed by atoms with van der Waals surface area (Å²) in [7, 11) is 1.49. The van der Waals surface area contributed by atoms with Crippen LogP contribution in [0.15, 0.2) is 47.5 Å². The van der Waals surface area contributed by atoms with Gasteiger partial charge in [0.15, 0.2) is 0 Å². The second kappa shape index (κ2) is 8.46. The molecule has 1 aromatic heterocycles. The summed E-state index contributed by atoms with van der Waals surface area (Å²) in [5.41, 5.74) is 1.62. The smallest absolute Gasteiger partial charge is 0.251 e. The van der Waals surface area contributed by atoms with E-state index in [1.165, 1.54) is 44.8 Å². The molecule has 0 radical (unpaired) electrons. The Morgan fingerprint density at radius 3 is 2.32 bits per heavy atom. The van der Waals surface area contributed by atoms with Crippen LogP contribution in [0, 0.1) is 0 Å². The molecule has 1 aromatic carbocycles. The molecule has 2 aromatic rings. The van der Waals surface area contributed by atoms with Crippen molar-refractivity contribution in [3.8, 4) is 0 Å². The van der Waals surface area contributed by atoms with Crippen molar-refractivity contribution in [1.29, 1.82) is 0 Å². The number of likely N-dealkylation sites (tertiary alicyclic amines) is 1. The van der Waals surface area contributed by atoms with Gasteiger partial charge in [-0.1, -0.05) is 0 Å². The van der Waals surface area contributed by atoms with Gasteiger partial charge in [-0.2, -0.15) is 0 Å². The van der Waals surface area contributed by atoms with Crippen molar-refractivity contribution in [2.75, 3.05) is 33.7 Å². The summed E-state index contributed by atoms with van der Waals surface area (Å²) in [6, 6.07) is 10.3. The predicted molar refractivity (Wildman–Crippen MR) is 109 cm³/mol. The molecule has 0 saturated carbocycles. The van der Waals surface area contributed by atoms with Gasteiger partial charge in [-0.25, -0.2) is 12.7 Å². The van der Waals surface area contributed by atoms with Crippen molar-refractivity contribution in [1.82, 2.24) is 19.1 Å². The first-order chi connectivity index (χ1) is 13.3. The SMILES string of the molecule is CN(C)S(=O)(=O)c1ccc(C(=O)NCC(c2cccn2C)N2CCCC2)cc1. The molecule has 1 saturated heterocycles. The van der Waals surface area contributed by atoms with Crippen LogP contribution in [0.2, 0.25) is 0 Å². The topological polar surface area (TPSA) is 74.6 Å². The zero-order valence-corrected chi connectivity index (χ0v) is 17.4. The lowest BCUT2D eigenvalue weighted by atomic mass is 10.1. The van der Waals surface area contributed by atoms with Crippen LogP contribution in [-0.4, -0.2) is 61.8 Å². The van der Waals surface area contributed by atoms with Crippen LogP contribution in [0.1, 0.15) is 34.9 Å². The minimum atomic E-state index is -3.50. The summed E-state index contributed by atoms with van der Waals surface area (Å²) in [6.45, 7) is 2.57. The van der Waals surface area contributed by atoms with Gasteiger partial charge in [-0.3, -0.25) is 9.69 Å². The van der Waals surface area contributed by atoms with Gasteiger partial charge in [-0.05, 0) is 62.3 Å². The Hall–Kier alpha value is -2.16. The Labute approximate surface area is 167 Å². The van der Waals surface area contributed by atoms with Gasteiger partial charge >= 0.3 is 0 Å². The van der Waals surface area contributed by atoms with E-state index in [4.69, 9.17) is 0 Å². The van der Waals surface area contributed by atoms with Gasteiger partial charge < -0.3 is 9.88 Å². The van der Waals surface area contributed by atoms with E-state index in [0.717, 1.165) is 17.4 Å². The molecule has 0 spiro atoms. The lowest BCUT2D eigenvalue weighted by Gasteiger charge is -2.28. The second-order valence-electron chi connectivity index (χ2n) is 7.32. The number of benzene rings is 1. The van der Waals surface area contributed by atoms with E-state index in [2.05, 4.69) is 20.9 Å². The number of nitrogens with one attached hydrogen (secondary N) is 1. The number of hydrogen-bond donors (Lipinski definition) is 1. The summed E-state index contributed by atoms with van der Waals surface area (Å²) < 4.78 is 27.6. The molecule has 0 bridgehead atoms. The number of carbonyl (C=O) groups is 1. The predicted octanol–water partition coefficient (Wildman–Crippen LogP) is 1.84. The van der Waals surface area contributed by atoms with Gasteiger partial charge in [-0.15, -0.1) is 0 Å². The van der Waals surface area contributed by atoms with Crippen LogP contribution >= 0.6 is 0 Å². The van der Waals surface area contributed by atoms with E-state index in [1.54, 1.807) is 12.1 Å². The van der Waals surface area contributed by atoms with Gasteiger partial charge in [0.05, 0.1) is 10.9 Å². The van der Waals surface area contributed by atoms with E-state index in [0.29, 0.717) is 12.1 Å². The standard InChI is InChI=1S/C20H28N4O3S/c1-22(2)28(26,27)17-10-8-16(9-11-17)20(25)21-15-19(24-13-4-5-14-24)18-7-6-12-23(18)3/h6-12,19H,4-5,13-15H2,1-3H3,(H,21,25). The summed E-state index contributed by atoms with van der Waals surface area (Å²) in [4.78, 5) is 15.2. The quantitative estimate of drug-likeness (QED) is 0.764. The van der Waals surface area contributed by atoms with E-state index in [-0.39, 0.29) is 16.8 Å². The Morgan fingerprint density at radius 1 is 1.14 bits per heavy atom. The van der Waals surface area contributed by atoms with Crippen LogP contribution in [0.5, 0.6) is 0 Å². The molecule has 1 aliphatic rings. The maximum Gasteiger partial charge on any atom is 0.251 e. The zero-order chi connectivity index (χ0) is 20.3. The van der Waals surface area contributed by atoms with Crippen LogP contribution in [0.25, 0.3) is 0 Å². The lowest BCUT2D eigenvalue weighted by molar-refractivity contribution is 0.0936. The molecule has 8 heteroatoms. The van der Waals surface area contributed by atoms with Gasteiger partial charge in [0, 0.05) is 45.1 Å². The van der Waals surface area contributed by atoms with E-state index in [9.17, 15) is 13.2 Å². The molecule has 3 rings (SSSR count). The molecule has 2 heterocycles. The molecular weight excluding hydrogens is 376 g/mol. The van der Waals surface area contributed by atoms with Crippen LogP contribution < -0.4 is 5.32 Å². The lowest BCUT2D eigenvalue weighted by Crippen LogP contribution is -2.37. The summed E-state index contributed by atoms with van der Waals surface area (Å²) >= 11 is 0. The molecular formula is C20H28N4O3S. The Balaban J connectivity index is 1.70. The maximum absolute atomic E-state index is 12.6. The fourth-order valence-corrected chi connectivity index (χ4v) is 4.48. The second-order valence-corrected chi connectivity index (χ2v) is 9.48. The number of sulfonamides is 1. The highest BCUT2D eigenvalue weighted by Crippen LogP contribution is 2.24. The molecule has 28 heavy (non-hydrogen) atoms. The molecule has 1 fully saturated rings. The Kier molecular flexibility index (Phi) is 6.22. The van der Waals surface area contributed by atoms with Crippen LogP contribution in [-0.2, 0) is 17.1 Å². The molecule has 1 atom stereocenters. The van der Waals surface area contributed by atoms with Crippen LogP contribution in [0.3, 0.4) is 0 Å². The average molecular weight is 405 g/mol. The van der Waals surface area contributed by atoms with Gasteiger partial charge in [0.1, 0.15) is 0 Å². The van der Waals surface area contributed by atoms with Gasteiger partial charge in [0.2, 0.25) is 10.0 Å². The molecule has 1 unspecified atom stereocenters. The van der Waals surface area contributed by atoms with Crippen molar-refractivity contribution in [3.63, 3.8) is 0 Å². The zero-order valence-electron chi connectivity index (χ0n) is 16.6. The summed E-state index contributed by atoms with van der Waals surface area (Å²) in [5.74, 6) is -0.202. The van der Waals surface area contributed by atoms with Crippen molar-refractivity contribution < 1.29 is 13.2 Å². The van der Waals surface area contributed by atoms with Crippen molar-refractivity contribution >= 4 is 15.9 Å².